The fourth-order valence-electron chi connectivity index (χ4n) is 9.11. The van der Waals surface area contributed by atoms with Gasteiger partial charge in [0.15, 0.2) is 0 Å². The molecule has 0 fully saturated rings. The zero-order valence-corrected chi connectivity index (χ0v) is 43.3. The molecule has 0 aromatic carbocycles. The van der Waals surface area contributed by atoms with E-state index >= 15 is 0 Å². The predicted molar refractivity (Wildman–Crippen MR) is 278 cm³/mol. The molecule has 3 N–H and O–H groups in total. The van der Waals surface area contributed by atoms with Crippen LogP contribution in [0.1, 0.15) is 322 Å². The third-order valence-electron chi connectivity index (χ3n) is 13.6. The molecule has 1 amide bonds. The van der Waals surface area contributed by atoms with E-state index in [1.54, 1.807) is 0 Å². The molecule has 64 heavy (non-hydrogen) atoms. The van der Waals surface area contributed by atoms with Gasteiger partial charge in [0, 0.05) is 12.8 Å². The molecule has 0 rings (SSSR count). The number of esters is 1. The Morgan fingerprint density at radius 2 is 0.734 bits per heavy atom. The van der Waals surface area contributed by atoms with Crippen LogP contribution < -0.4 is 5.32 Å². The second-order valence-corrected chi connectivity index (χ2v) is 20.0. The zero-order chi connectivity index (χ0) is 46.5. The van der Waals surface area contributed by atoms with E-state index in [2.05, 4.69) is 31.3 Å². The molecule has 0 heterocycles. The molecule has 6 nitrogen and oxygen atoms in total. The summed E-state index contributed by atoms with van der Waals surface area (Å²) < 4.78 is 5.47. The number of rotatable bonds is 54. The lowest BCUT2D eigenvalue weighted by Crippen LogP contribution is -2.45. The average Bonchev–Trinajstić information content (AvgIpc) is 3.29. The maximum absolute atomic E-state index is 12.4. The van der Waals surface area contributed by atoms with Crippen molar-refractivity contribution in [2.75, 3.05) is 13.2 Å². The van der Waals surface area contributed by atoms with Gasteiger partial charge in [0.25, 0.3) is 0 Å². The summed E-state index contributed by atoms with van der Waals surface area (Å²) in [6.07, 6.45) is 63.5. The van der Waals surface area contributed by atoms with E-state index in [4.69, 9.17) is 4.74 Å². The number of ether oxygens (including phenoxy) is 1. The van der Waals surface area contributed by atoms with Crippen molar-refractivity contribution >= 4 is 11.9 Å². The molecule has 2 unspecified atom stereocenters. The monoisotopic (exact) mass is 904 g/mol. The predicted octanol–water partition coefficient (Wildman–Crippen LogP) is 17.7. The average molecular weight is 905 g/mol. The first kappa shape index (κ1) is 62.6. The Morgan fingerprint density at radius 3 is 1.11 bits per heavy atom. The van der Waals surface area contributed by atoms with E-state index in [0.717, 1.165) is 38.5 Å². The van der Waals surface area contributed by atoms with Gasteiger partial charge in [-0.1, -0.05) is 270 Å². The van der Waals surface area contributed by atoms with Gasteiger partial charge in [-0.15, -0.1) is 0 Å². The van der Waals surface area contributed by atoms with Crippen LogP contribution in [0.5, 0.6) is 0 Å². The molecule has 0 spiro atoms. The highest BCUT2D eigenvalue weighted by Crippen LogP contribution is 2.17. The summed E-state index contributed by atoms with van der Waals surface area (Å²) in [5, 5.41) is 23.2. The van der Waals surface area contributed by atoms with E-state index in [1.165, 1.54) is 250 Å². The number of amides is 1. The Labute approximate surface area is 399 Å². The molecule has 2 atom stereocenters. The Morgan fingerprint density at radius 1 is 0.422 bits per heavy atom. The van der Waals surface area contributed by atoms with Crippen LogP contribution in [0, 0.1) is 0 Å². The summed E-state index contributed by atoms with van der Waals surface area (Å²) in [5.74, 6) is -0.0295. The molecule has 6 heteroatoms. The summed E-state index contributed by atoms with van der Waals surface area (Å²) in [5.41, 5.74) is 0. The van der Waals surface area contributed by atoms with Crippen LogP contribution in [0.2, 0.25) is 0 Å². The Hall–Kier alpha value is -1.40. The van der Waals surface area contributed by atoms with Crippen molar-refractivity contribution in [3.63, 3.8) is 0 Å². The molecule has 0 aliphatic heterocycles. The van der Waals surface area contributed by atoms with E-state index in [0.29, 0.717) is 25.9 Å². The van der Waals surface area contributed by atoms with Gasteiger partial charge in [-0.25, -0.2) is 0 Å². The van der Waals surface area contributed by atoms with E-state index in [1.807, 2.05) is 0 Å². The van der Waals surface area contributed by atoms with Crippen molar-refractivity contribution < 1.29 is 24.5 Å². The molecule has 0 saturated carbocycles. The summed E-state index contributed by atoms with van der Waals surface area (Å²) in [7, 11) is 0. The minimum atomic E-state index is -0.666. The van der Waals surface area contributed by atoms with Crippen LogP contribution in [0.4, 0.5) is 0 Å². The van der Waals surface area contributed by atoms with Gasteiger partial charge in [-0.05, 0) is 51.4 Å². The largest absolute Gasteiger partial charge is 0.466 e. The molecule has 0 aliphatic carbocycles. The molecule has 0 aromatic heterocycles. The second kappa shape index (κ2) is 54.2. The third-order valence-corrected chi connectivity index (χ3v) is 13.6. The Kier molecular flexibility index (Phi) is 53.0. The van der Waals surface area contributed by atoms with Gasteiger partial charge < -0.3 is 20.3 Å². The second-order valence-electron chi connectivity index (χ2n) is 20.0. The quantitative estimate of drug-likeness (QED) is 0.0321. The zero-order valence-electron chi connectivity index (χ0n) is 43.3. The minimum Gasteiger partial charge on any atom is -0.466 e. The maximum Gasteiger partial charge on any atom is 0.305 e. The molecule has 0 aromatic rings. The molecular weight excluding hydrogens is 791 g/mol. The highest BCUT2D eigenvalue weighted by molar-refractivity contribution is 5.76. The van der Waals surface area contributed by atoms with Crippen molar-refractivity contribution in [2.24, 2.45) is 0 Å². The molecular formula is C58H113NO5. The van der Waals surface area contributed by atoms with Crippen LogP contribution in [0.3, 0.4) is 0 Å². The van der Waals surface area contributed by atoms with Crippen molar-refractivity contribution in [1.29, 1.82) is 0 Å². The Bertz CT molecular complexity index is 955. The molecule has 0 bridgehead atoms. The van der Waals surface area contributed by atoms with Gasteiger partial charge in [-0.2, -0.15) is 0 Å². The van der Waals surface area contributed by atoms with Gasteiger partial charge in [-0.3, -0.25) is 9.59 Å². The van der Waals surface area contributed by atoms with E-state index in [-0.39, 0.29) is 18.5 Å². The number of aliphatic hydroxyl groups excluding tert-OH is 2. The van der Waals surface area contributed by atoms with Gasteiger partial charge in [0.05, 0.1) is 25.4 Å². The first-order valence-corrected chi connectivity index (χ1v) is 28.9. The number of hydrogen-bond donors (Lipinski definition) is 3. The van der Waals surface area contributed by atoms with Crippen LogP contribution in [-0.2, 0) is 14.3 Å². The first-order chi connectivity index (χ1) is 31.5. The van der Waals surface area contributed by atoms with Crippen molar-refractivity contribution in [3.05, 3.63) is 12.2 Å². The lowest BCUT2D eigenvalue weighted by molar-refractivity contribution is -0.143. The standard InChI is InChI=1S/C58H113NO5/c1-3-5-7-9-11-13-15-27-32-36-40-44-48-52-58(63)64-53-49-45-41-37-33-29-26-24-22-20-18-17-19-21-23-25-28-31-35-39-43-47-51-57(62)59-55(54-60)56(61)50-46-42-38-34-30-16-14-12-10-8-6-4-2/h19,21,55-56,60-61H,3-18,20,22-54H2,1-2H3,(H,59,62)/b21-19-. The fourth-order valence-corrected chi connectivity index (χ4v) is 9.11. The lowest BCUT2D eigenvalue weighted by Gasteiger charge is -2.22. The number of carbonyl (C=O) groups excluding carboxylic acids is 2. The normalized spacial score (nSPS) is 12.6. The van der Waals surface area contributed by atoms with E-state index in [9.17, 15) is 19.8 Å². The SMILES string of the molecule is CCCCCCCCCCCCCCCC(=O)OCCCCCCCCCCCCC/C=C\CCCCCCCCCC(=O)NC(CO)C(O)CCCCCCCCCCCCCC. The summed E-state index contributed by atoms with van der Waals surface area (Å²) in [4.78, 5) is 24.5. The van der Waals surface area contributed by atoms with Crippen LogP contribution >= 0.6 is 0 Å². The van der Waals surface area contributed by atoms with Crippen molar-refractivity contribution in [2.45, 2.75) is 334 Å². The van der Waals surface area contributed by atoms with Gasteiger partial charge in [0.2, 0.25) is 5.91 Å². The fraction of sp³-hybridized carbons (Fsp3) is 0.931. The van der Waals surface area contributed by atoms with Gasteiger partial charge >= 0.3 is 5.97 Å². The molecule has 0 aliphatic rings. The van der Waals surface area contributed by atoms with Gasteiger partial charge in [0.1, 0.15) is 0 Å². The van der Waals surface area contributed by atoms with Crippen LogP contribution in [-0.4, -0.2) is 47.4 Å². The Balaban J connectivity index is 3.39. The topological polar surface area (TPSA) is 95.9 Å². The summed E-state index contributed by atoms with van der Waals surface area (Å²) in [6.45, 7) is 4.96. The number of carbonyl (C=O) groups is 2. The minimum absolute atomic E-state index is 0.0118. The smallest absolute Gasteiger partial charge is 0.305 e. The first-order valence-electron chi connectivity index (χ1n) is 28.9. The number of hydrogen-bond acceptors (Lipinski definition) is 5. The van der Waals surface area contributed by atoms with Crippen LogP contribution in [0.15, 0.2) is 12.2 Å². The highest BCUT2D eigenvalue weighted by atomic mass is 16.5. The summed E-state index contributed by atoms with van der Waals surface area (Å²) >= 11 is 0. The number of nitrogens with one attached hydrogen (secondary N) is 1. The number of unbranched alkanes of at least 4 members (excludes halogenated alkanes) is 41. The van der Waals surface area contributed by atoms with Crippen molar-refractivity contribution in [3.8, 4) is 0 Å². The number of allylic oxidation sites excluding steroid dienone is 2. The number of aliphatic hydroxyl groups is 2. The van der Waals surface area contributed by atoms with Crippen molar-refractivity contribution in [1.82, 2.24) is 5.32 Å². The molecule has 0 radical (unpaired) electrons. The summed E-state index contributed by atoms with van der Waals surface area (Å²) in [6, 6.07) is -0.544. The van der Waals surface area contributed by atoms with Crippen LogP contribution in [0.25, 0.3) is 0 Å². The molecule has 0 saturated heterocycles. The maximum atomic E-state index is 12.4. The lowest BCUT2D eigenvalue weighted by atomic mass is 10.0. The highest BCUT2D eigenvalue weighted by Gasteiger charge is 2.20. The third kappa shape index (κ3) is 50.0. The molecule has 380 valence electrons. The van der Waals surface area contributed by atoms with E-state index < -0.39 is 12.1 Å².